The van der Waals surface area contributed by atoms with Gasteiger partial charge in [-0.05, 0) is 36.9 Å². The fraction of sp³-hybridized carbons (Fsp3) is 0.353. The first-order chi connectivity index (χ1) is 11.6. The van der Waals surface area contributed by atoms with Crippen molar-refractivity contribution in [3.05, 3.63) is 52.2 Å². The molecule has 0 aliphatic heterocycles. The molecule has 2 aromatic rings. The number of thioether (sulfide) groups is 1. The van der Waals surface area contributed by atoms with Crippen LogP contribution >= 0.6 is 11.8 Å². The maximum absolute atomic E-state index is 12.3. The second-order valence-corrected chi connectivity index (χ2v) is 6.06. The van der Waals surface area contributed by atoms with Crippen LogP contribution in [0.25, 0.3) is 0 Å². The monoisotopic (exact) mass is 347 g/mol. The minimum absolute atomic E-state index is 0.103. The number of rotatable bonds is 8. The van der Waals surface area contributed by atoms with Gasteiger partial charge in [-0.2, -0.15) is 11.8 Å². The standard InChI is InChI=1S/C17H21N3O3S/c1-3-4-9-23-13-7-5-12(6-8-13)18-17(22)14-10-16(21)20-15(19-14)11-24-2/h5-8,10H,3-4,9,11H2,1-2H3,(H,18,22)(H,19,20,21). The molecule has 7 heteroatoms. The van der Waals surface area contributed by atoms with E-state index in [9.17, 15) is 9.59 Å². The van der Waals surface area contributed by atoms with Gasteiger partial charge in [0.25, 0.3) is 11.5 Å². The third kappa shape index (κ3) is 5.42. The van der Waals surface area contributed by atoms with Crippen LogP contribution < -0.4 is 15.6 Å². The lowest BCUT2D eigenvalue weighted by atomic mass is 10.3. The number of hydrogen-bond donors (Lipinski definition) is 2. The molecule has 0 aliphatic carbocycles. The Hall–Kier alpha value is -2.28. The Kier molecular flexibility index (Phi) is 6.87. The number of aromatic amines is 1. The van der Waals surface area contributed by atoms with Crippen molar-refractivity contribution in [2.45, 2.75) is 25.5 Å². The molecule has 0 atom stereocenters. The van der Waals surface area contributed by atoms with Gasteiger partial charge < -0.3 is 15.0 Å². The Morgan fingerprint density at radius 1 is 1.33 bits per heavy atom. The highest BCUT2D eigenvalue weighted by molar-refractivity contribution is 7.97. The highest BCUT2D eigenvalue weighted by Crippen LogP contribution is 2.16. The summed E-state index contributed by atoms with van der Waals surface area (Å²) in [6.07, 6.45) is 3.98. The average molecular weight is 347 g/mol. The number of nitrogens with zero attached hydrogens (tertiary/aromatic N) is 1. The number of amides is 1. The zero-order chi connectivity index (χ0) is 17.4. The predicted octanol–water partition coefficient (Wildman–Crippen LogP) is 3.06. The summed E-state index contributed by atoms with van der Waals surface area (Å²) < 4.78 is 5.58. The van der Waals surface area contributed by atoms with Crippen molar-refractivity contribution in [1.82, 2.24) is 9.97 Å². The first-order valence-electron chi connectivity index (χ1n) is 7.75. The summed E-state index contributed by atoms with van der Waals surface area (Å²) in [6, 6.07) is 8.32. The van der Waals surface area contributed by atoms with Gasteiger partial charge in [-0.1, -0.05) is 13.3 Å². The van der Waals surface area contributed by atoms with E-state index in [1.165, 1.54) is 17.8 Å². The highest BCUT2D eigenvalue weighted by Gasteiger charge is 2.10. The summed E-state index contributed by atoms with van der Waals surface area (Å²) >= 11 is 1.52. The number of nitrogens with one attached hydrogen (secondary N) is 2. The number of anilines is 1. The molecule has 2 N–H and O–H groups in total. The number of ether oxygens (including phenoxy) is 1. The molecule has 0 saturated heterocycles. The molecular weight excluding hydrogens is 326 g/mol. The first-order valence-corrected chi connectivity index (χ1v) is 9.15. The van der Waals surface area contributed by atoms with Gasteiger partial charge in [0, 0.05) is 11.8 Å². The minimum Gasteiger partial charge on any atom is -0.494 e. The van der Waals surface area contributed by atoms with E-state index in [2.05, 4.69) is 22.2 Å². The van der Waals surface area contributed by atoms with Crippen LogP contribution in [0.15, 0.2) is 35.1 Å². The van der Waals surface area contributed by atoms with Gasteiger partial charge in [0.15, 0.2) is 0 Å². The lowest BCUT2D eigenvalue weighted by molar-refractivity contribution is 0.102. The van der Waals surface area contributed by atoms with Crippen LogP contribution in [0.2, 0.25) is 0 Å². The number of carbonyl (C=O) groups is 1. The maximum atomic E-state index is 12.3. The van der Waals surface area contributed by atoms with Gasteiger partial charge in [0.2, 0.25) is 0 Å². The van der Waals surface area contributed by atoms with Gasteiger partial charge in [0.05, 0.1) is 12.4 Å². The number of hydrogen-bond acceptors (Lipinski definition) is 5. The van der Waals surface area contributed by atoms with Gasteiger partial charge in [-0.15, -0.1) is 0 Å². The SMILES string of the molecule is CCCCOc1ccc(NC(=O)c2cc(=O)[nH]c(CSC)n2)cc1. The van der Waals surface area contributed by atoms with Crippen LogP contribution in [0.1, 0.15) is 36.1 Å². The van der Waals surface area contributed by atoms with E-state index in [1.54, 1.807) is 24.3 Å². The molecule has 0 fully saturated rings. The molecule has 128 valence electrons. The van der Waals surface area contributed by atoms with Crippen LogP contribution in [0.5, 0.6) is 5.75 Å². The topological polar surface area (TPSA) is 84.1 Å². The second kappa shape index (κ2) is 9.12. The number of aromatic nitrogens is 2. The van der Waals surface area contributed by atoms with Crippen molar-refractivity contribution in [2.75, 3.05) is 18.2 Å². The average Bonchev–Trinajstić information content (AvgIpc) is 2.56. The summed E-state index contributed by atoms with van der Waals surface area (Å²) in [6.45, 7) is 2.78. The van der Waals surface area contributed by atoms with Gasteiger partial charge in [0.1, 0.15) is 17.3 Å². The molecule has 2 rings (SSSR count). The molecule has 0 aliphatic rings. The van der Waals surface area contributed by atoms with Crippen LogP contribution in [-0.2, 0) is 5.75 Å². The zero-order valence-corrected chi connectivity index (χ0v) is 14.6. The fourth-order valence-corrected chi connectivity index (χ4v) is 2.40. The van der Waals surface area contributed by atoms with Crippen LogP contribution in [-0.4, -0.2) is 28.7 Å². The maximum Gasteiger partial charge on any atom is 0.274 e. The van der Waals surface area contributed by atoms with Crippen LogP contribution in [0.4, 0.5) is 5.69 Å². The largest absolute Gasteiger partial charge is 0.494 e. The van der Waals surface area contributed by atoms with Gasteiger partial charge >= 0.3 is 0 Å². The first kappa shape index (κ1) is 18.1. The summed E-state index contributed by atoms with van der Waals surface area (Å²) in [7, 11) is 0. The van der Waals surface area contributed by atoms with E-state index < -0.39 is 5.91 Å². The van der Waals surface area contributed by atoms with Crippen molar-refractivity contribution < 1.29 is 9.53 Å². The molecule has 6 nitrogen and oxygen atoms in total. The molecular formula is C17H21N3O3S. The molecule has 1 amide bonds. The van der Waals surface area contributed by atoms with Crippen molar-refractivity contribution in [3.8, 4) is 5.75 Å². The lowest BCUT2D eigenvalue weighted by Crippen LogP contribution is -2.20. The number of H-pyrrole nitrogens is 1. The molecule has 24 heavy (non-hydrogen) atoms. The number of carbonyl (C=O) groups excluding carboxylic acids is 1. The third-order valence-corrected chi connectivity index (χ3v) is 3.75. The van der Waals surface area contributed by atoms with Crippen LogP contribution in [0.3, 0.4) is 0 Å². The molecule has 1 aromatic heterocycles. The van der Waals surface area contributed by atoms with Crippen molar-refractivity contribution >= 4 is 23.4 Å². The van der Waals surface area contributed by atoms with E-state index in [0.717, 1.165) is 18.6 Å². The van der Waals surface area contributed by atoms with E-state index in [0.29, 0.717) is 23.9 Å². The Bertz CT molecular complexity index is 729. The Labute approximate surface area is 145 Å². The molecule has 1 heterocycles. The fourth-order valence-electron chi connectivity index (χ4n) is 1.99. The van der Waals surface area contributed by atoms with Gasteiger partial charge in [-0.25, -0.2) is 4.98 Å². The summed E-state index contributed by atoms with van der Waals surface area (Å²) in [5.74, 6) is 1.38. The van der Waals surface area contributed by atoms with Crippen LogP contribution in [0, 0.1) is 0 Å². The van der Waals surface area contributed by atoms with E-state index in [4.69, 9.17) is 4.74 Å². The smallest absolute Gasteiger partial charge is 0.274 e. The lowest BCUT2D eigenvalue weighted by Gasteiger charge is -2.08. The quantitative estimate of drug-likeness (QED) is 0.717. The van der Waals surface area contributed by atoms with Gasteiger partial charge in [-0.3, -0.25) is 9.59 Å². The number of unbranched alkanes of at least 4 members (excludes halogenated alkanes) is 1. The second-order valence-electron chi connectivity index (χ2n) is 5.19. The summed E-state index contributed by atoms with van der Waals surface area (Å²) in [5, 5.41) is 2.73. The Morgan fingerprint density at radius 3 is 2.75 bits per heavy atom. The van der Waals surface area contributed by atoms with E-state index >= 15 is 0 Å². The molecule has 0 radical (unpaired) electrons. The predicted molar refractivity (Wildman–Crippen MR) is 96.9 cm³/mol. The van der Waals surface area contributed by atoms with Crippen molar-refractivity contribution in [2.24, 2.45) is 0 Å². The Morgan fingerprint density at radius 2 is 2.08 bits per heavy atom. The molecule has 0 saturated carbocycles. The normalized spacial score (nSPS) is 10.4. The van der Waals surface area contributed by atoms with E-state index in [-0.39, 0.29) is 11.3 Å². The van der Waals surface area contributed by atoms with Crippen molar-refractivity contribution in [3.63, 3.8) is 0 Å². The zero-order valence-electron chi connectivity index (χ0n) is 13.8. The minimum atomic E-state index is -0.414. The summed E-state index contributed by atoms with van der Waals surface area (Å²) in [5.41, 5.74) is 0.390. The molecule has 1 aromatic carbocycles. The Balaban J connectivity index is 2.02. The summed E-state index contributed by atoms with van der Waals surface area (Å²) in [4.78, 5) is 30.7. The molecule has 0 spiro atoms. The highest BCUT2D eigenvalue weighted by atomic mass is 32.2. The van der Waals surface area contributed by atoms with Crippen molar-refractivity contribution in [1.29, 1.82) is 0 Å². The third-order valence-electron chi connectivity index (χ3n) is 3.18. The van der Waals surface area contributed by atoms with E-state index in [1.807, 2.05) is 6.26 Å². The molecule has 0 unspecified atom stereocenters. The molecule has 0 bridgehead atoms. The number of benzene rings is 1.